The van der Waals surface area contributed by atoms with E-state index in [0.29, 0.717) is 36.5 Å². The van der Waals surface area contributed by atoms with Crippen LogP contribution in [0.3, 0.4) is 0 Å². The zero-order chi connectivity index (χ0) is 39.5. The zero-order valence-electron chi connectivity index (χ0n) is 34.2. The number of imidazole rings is 1. The van der Waals surface area contributed by atoms with E-state index >= 15 is 0 Å². The Morgan fingerprint density at radius 3 is 1.80 bits per heavy atom. The number of nitrogens with zero attached hydrogens (tertiary/aromatic N) is 3. The molecule has 0 aliphatic carbocycles. The predicted molar refractivity (Wildman–Crippen MR) is 236 cm³/mol. The third-order valence-corrected chi connectivity index (χ3v) is 11.0. The molecule has 0 bridgehead atoms. The van der Waals surface area contributed by atoms with Crippen LogP contribution < -0.4 is 0 Å². The number of rotatable bonds is 12. The molecule has 0 aliphatic heterocycles. The second kappa shape index (κ2) is 16.5. The first-order chi connectivity index (χ1) is 27.0. The van der Waals surface area contributed by atoms with Crippen LogP contribution in [0, 0.1) is 0 Å². The fourth-order valence-corrected chi connectivity index (χ4v) is 7.46. The van der Waals surface area contributed by atoms with Gasteiger partial charge in [-0.2, -0.15) is 0 Å². The summed E-state index contributed by atoms with van der Waals surface area (Å²) in [6.07, 6.45) is 9.45. The third-order valence-electron chi connectivity index (χ3n) is 11.0. The zero-order valence-corrected chi connectivity index (χ0v) is 34.2. The number of pyridine rings is 1. The molecule has 0 radical (unpaired) electrons. The fraction of sp³-hybridized carbons (Fsp3) is 0.269. The Hall–Kier alpha value is -5.74. The molecule has 0 saturated carbocycles. The number of hydrogen-bond donors (Lipinski definition) is 1. The summed E-state index contributed by atoms with van der Waals surface area (Å²) in [5, 5.41) is 14.5. The van der Waals surface area contributed by atoms with Crippen LogP contribution in [-0.2, 0) is 12.8 Å². The van der Waals surface area contributed by atoms with Gasteiger partial charge in [-0.1, -0.05) is 146 Å². The van der Waals surface area contributed by atoms with Crippen LogP contribution in [0.5, 0.6) is 5.75 Å². The Labute approximate surface area is 333 Å². The van der Waals surface area contributed by atoms with Crippen LogP contribution in [0.4, 0.5) is 0 Å². The van der Waals surface area contributed by atoms with E-state index < -0.39 is 0 Å². The van der Waals surface area contributed by atoms with Crippen molar-refractivity contribution in [1.29, 1.82) is 0 Å². The average molecular weight is 738 g/mol. The summed E-state index contributed by atoms with van der Waals surface area (Å²) < 4.78 is 2.13. The van der Waals surface area contributed by atoms with Crippen molar-refractivity contribution in [3.63, 3.8) is 0 Å². The van der Waals surface area contributed by atoms with Gasteiger partial charge in [-0.3, -0.25) is 9.55 Å². The van der Waals surface area contributed by atoms with Crippen molar-refractivity contribution in [1.82, 2.24) is 14.5 Å². The van der Waals surface area contributed by atoms with E-state index in [0.717, 1.165) is 56.1 Å². The number of allylic oxidation sites excluding steroid dienone is 2. The van der Waals surface area contributed by atoms with Crippen molar-refractivity contribution >= 4 is 10.8 Å². The van der Waals surface area contributed by atoms with Crippen LogP contribution in [0.2, 0.25) is 0 Å². The van der Waals surface area contributed by atoms with Gasteiger partial charge in [0, 0.05) is 41.1 Å². The SMILES string of the molecule is CC(C)c1cc(-c2cc(C/C=C\Cc3cc4ccccc4c(-c4ccccc4)n3)c(O)c(-c3nccn3-c3cc(C(C)C)cc(C(C)C)c3)c2)cc(C(C)C)c1. The molecule has 0 saturated heterocycles. The monoisotopic (exact) mass is 737 g/mol. The lowest BCUT2D eigenvalue weighted by Gasteiger charge is -2.19. The smallest absolute Gasteiger partial charge is 0.148 e. The maximum atomic E-state index is 12.2. The lowest BCUT2D eigenvalue weighted by atomic mass is 9.89. The van der Waals surface area contributed by atoms with Gasteiger partial charge in [0.15, 0.2) is 0 Å². The molecule has 1 N–H and O–H groups in total. The van der Waals surface area contributed by atoms with E-state index in [1.807, 2.05) is 18.5 Å². The van der Waals surface area contributed by atoms with Crippen molar-refractivity contribution in [3.8, 4) is 45.2 Å². The maximum Gasteiger partial charge on any atom is 0.148 e. The predicted octanol–water partition coefficient (Wildman–Crippen LogP) is 14.0. The molecule has 0 aliphatic rings. The molecule has 2 heterocycles. The Bertz CT molecular complexity index is 2450. The summed E-state index contributed by atoms with van der Waals surface area (Å²) in [5.41, 5.74) is 13.2. The third kappa shape index (κ3) is 8.26. The number of benzene rings is 5. The van der Waals surface area contributed by atoms with Crippen molar-refractivity contribution < 1.29 is 5.11 Å². The first kappa shape index (κ1) is 38.5. The van der Waals surface area contributed by atoms with E-state index in [1.165, 1.54) is 27.6 Å². The van der Waals surface area contributed by atoms with Crippen LogP contribution in [0.25, 0.3) is 50.2 Å². The summed E-state index contributed by atoms with van der Waals surface area (Å²) in [6.45, 7) is 18.0. The number of phenols is 1. The molecule has 0 atom stereocenters. The quantitative estimate of drug-likeness (QED) is 0.127. The van der Waals surface area contributed by atoms with E-state index in [1.54, 1.807) is 0 Å². The van der Waals surface area contributed by atoms with Gasteiger partial charge in [0.1, 0.15) is 11.6 Å². The van der Waals surface area contributed by atoms with Crippen molar-refractivity contribution in [3.05, 3.63) is 167 Å². The van der Waals surface area contributed by atoms with E-state index in [4.69, 9.17) is 9.97 Å². The van der Waals surface area contributed by atoms with Gasteiger partial charge in [-0.15, -0.1) is 0 Å². The van der Waals surface area contributed by atoms with Gasteiger partial charge in [0.25, 0.3) is 0 Å². The first-order valence-corrected chi connectivity index (χ1v) is 20.3. The van der Waals surface area contributed by atoms with Crippen LogP contribution in [0.1, 0.15) is 113 Å². The summed E-state index contributed by atoms with van der Waals surface area (Å²) in [7, 11) is 0. The molecule has 284 valence electrons. The lowest BCUT2D eigenvalue weighted by molar-refractivity contribution is 0.471. The molecule has 7 aromatic rings. The summed E-state index contributed by atoms with van der Waals surface area (Å²) >= 11 is 0. The highest BCUT2D eigenvalue weighted by molar-refractivity contribution is 5.94. The molecular weight excluding hydrogens is 683 g/mol. The minimum Gasteiger partial charge on any atom is -0.507 e. The largest absolute Gasteiger partial charge is 0.507 e. The first-order valence-electron chi connectivity index (χ1n) is 20.3. The molecule has 5 aromatic carbocycles. The maximum absolute atomic E-state index is 12.2. The molecule has 4 nitrogen and oxygen atoms in total. The Morgan fingerprint density at radius 1 is 0.589 bits per heavy atom. The molecule has 0 amide bonds. The number of phenolic OH excluding ortho intramolecular Hbond substituents is 1. The number of aromatic nitrogens is 3. The topological polar surface area (TPSA) is 50.9 Å². The van der Waals surface area contributed by atoms with Gasteiger partial charge >= 0.3 is 0 Å². The van der Waals surface area contributed by atoms with E-state index in [-0.39, 0.29) is 5.75 Å². The van der Waals surface area contributed by atoms with Crippen molar-refractivity contribution in [2.24, 2.45) is 0 Å². The highest BCUT2D eigenvalue weighted by Crippen LogP contribution is 2.40. The molecule has 0 fully saturated rings. The average Bonchev–Trinajstić information content (AvgIpc) is 3.69. The molecule has 0 spiro atoms. The lowest BCUT2D eigenvalue weighted by Crippen LogP contribution is -2.02. The summed E-state index contributed by atoms with van der Waals surface area (Å²) in [5.74, 6) is 2.53. The van der Waals surface area contributed by atoms with Crippen molar-refractivity contribution in [2.45, 2.75) is 91.9 Å². The molecule has 4 heteroatoms. The molecule has 2 aromatic heterocycles. The highest BCUT2D eigenvalue weighted by atomic mass is 16.3. The van der Waals surface area contributed by atoms with E-state index in [2.05, 4.69) is 175 Å². The summed E-state index contributed by atoms with van der Waals surface area (Å²) in [6, 6.07) is 39.2. The molecule has 56 heavy (non-hydrogen) atoms. The number of aromatic hydroxyl groups is 1. The van der Waals surface area contributed by atoms with Gasteiger partial charge < -0.3 is 5.11 Å². The minimum atomic E-state index is 0.259. The van der Waals surface area contributed by atoms with Crippen LogP contribution >= 0.6 is 0 Å². The van der Waals surface area contributed by atoms with Gasteiger partial charge in [-0.25, -0.2) is 4.98 Å². The van der Waals surface area contributed by atoms with Crippen molar-refractivity contribution in [2.75, 3.05) is 0 Å². The minimum absolute atomic E-state index is 0.259. The highest BCUT2D eigenvalue weighted by Gasteiger charge is 2.20. The van der Waals surface area contributed by atoms with Crippen LogP contribution in [-0.4, -0.2) is 19.6 Å². The van der Waals surface area contributed by atoms with Gasteiger partial charge in [0.2, 0.25) is 0 Å². The Balaban J connectivity index is 1.31. The molecule has 0 unspecified atom stereocenters. The Morgan fingerprint density at radius 2 is 1.16 bits per heavy atom. The second-order valence-corrected chi connectivity index (χ2v) is 16.4. The second-order valence-electron chi connectivity index (χ2n) is 16.4. The molecule has 7 rings (SSSR count). The van der Waals surface area contributed by atoms with Gasteiger partial charge in [-0.05, 0) is 105 Å². The summed E-state index contributed by atoms with van der Waals surface area (Å²) in [4.78, 5) is 10.1. The number of fused-ring (bicyclic) bond motifs is 1. The molecular formula is C52H55N3O. The van der Waals surface area contributed by atoms with Gasteiger partial charge in [0.05, 0.1) is 11.3 Å². The van der Waals surface area contributed by atoms with Crippen LogP contribution in [0.15, 0.2) is 134 Å². The number of hydrogen-bond acceptors (Lipinski definition) is 3. The standard InChI is InChI=1S/C52H55N3O/c1-33(2)40-25-41(34(3)4)28-44(27-40)45-24-39(19-12-14-20-46-29-38-18-13-15-21-48(38)50(54-46)37-16-10-9-11-17-37)51(56)49(32-45)52-53-22-23-55(52)47-30-42(35(5)6)26-43(31-47)36(7)8/h9-18,21-36,56H,19-20H2,1-8H3/b14-12-. The normalized spacial score (nSPS) is 12.0. The van der Waals surface area contributed by atoms with E-state index in [9.17, 15) is 5.11 Å². The Kier molecular flexibility index (Phi) is 11.4. The fourth-order valence-electron chi connectivity index (χ4n) is 7.46.